The van der Waals surface area contributed by atoms with Gasteiger partial charge in [-0.05, 0) is 30.5 Å². The van der Waals surface area contributed by atoms with Gasteiger partial charge in [0.25, 0.3) is 0 Å². The molecule has 0 aromatic heterocycles. The van der Waals surface area contributed by atoms with E-state index in [0.29, 0.717) is 19.3 Å². The summed E-state index contributed by atoms with van der Waals surface area (Å²) in [6.45, 7) is 0.381. The number of piperidine rings is 1. The molecular formula is C14H16N2O3S. The third-order valence-corrected chi connectivity index (χ3v) is 5.41. The Kier molecular flexibility index (Phi) is 4.53. The van der Waals surface area contributed by atoms with Gasteiger partial charge in [0.05, 0.1) is 23.4 Å². The Morgan fingerprint density at radius 1 is 1.30 bits per heavy atom. The fraction of sp³-hybridized carbons (Fsp3) is 0.429. The molecule has 0 aliphatic carbocycles. The van der Waals surface area contributed by atoms with Gasteiger partial charge in [0.2, 0.25) is 10.0 Å². The summed E-state index contributed by atoms with van der Waals surface area (Å²) < 4.78 is 26.3. The van der Waals surface area contributed by atoms with Crippen LogP contribution >= 0.6 is 0 Å². The highest BCUT2D eigenvalue weighted by Gasteiger charge is 2.33. The summed E-state index contributed by atoms with van der Waals surface area (Å²) in [6.07, 6.45) is 3.18. The highest BCUT2D eigenvalue weighted by molar-refractivity contribution is 7.89. The molecule has 1 unspecified atom stereocenters. The SMILES string of the molecule is N#CCc1ccc(S(=O)(=O)N2CCCCC2C=O)cc1. The second kappa shape index (κ2) is 6.16. The minimum absolute atomic E-state index is 0.174. The van der Waals surface area contributed by atoms with Crippen molar-refractivity contribution in [2.45, 2.75) is 36.6 Å². The number of sulfonamides is 1. The maximum Gasteiger partial charge on any atom is 0.243 e. The minimum atomic E-state index is -3.64. The Morgan fingerprint density at radius 3 is 2.60 bits per heavy atom. The van der Waals surface area contributed by atoms with Crippen molar-refractivity contribution in [2.24, 2.45) is 0 Å². The van der Waals surface area contributed by atoms with Gasteiger partial charge in [0.1, 0.15) is 6.29 Å². The molecule has 1 aliphatic rings. The largest absolute Gasteiger partial charge is 0.302 e. The van der Waals surface area contributed by atoms with Gasteiger partial charge in [-0.3, -0.25) is 0 Å². The van der Waals surface area contributed by atoms with E-state index in [2.05, 4.69) is 0 Å². The molecule has 0 spiro atoms. The first kappa shape index (κ1) is 14.7. The predicted molar refractivity (Wildman–Crippen MR) is 73.4 cm³/mol. The van der Waals surface area contributed by atoms with Gasteiger partial charge in [-0.1, -0.05) is 18.6 Å². The van der Waals surface area contributed by atoms with Crippen LogP contribution in [-0.2, 0) is 21.2 Å². The molecule has 1 aromatic carbocycles. The monoisotopic (exact) mass is 292 g/mol. The lowest BCUT2D eigenvalue weighted by molar-refractivity contribution is -0.111. The molecule has 1 fully saturated rings. The molecule has 0 bridgehead atoms. The van der Waals surface area contributed by atoms with Gasteiger partial charge >= 0.3 is 0 Å². The van der Waals surface area contributed by atoms with Crippen molar-refractivity contribution in [1.29, 1.82) is 5.26 Å². The average Bonchev–Trinajstić information content (AvgIpc) is 2.48. The first-order chi connectivity index (χ1) is 9.59. The Labute approximate surface area is 118 Å². The third-order valence-electron chi connectivity index (χ3n) is 3.47. The van der Waals surface area contributed by atoms with Crippen molar-refractivity contribution in [3.63, 3.8) is 0 Å². The predicted octanol–water partition coefficient (Wildman–Crippen LogP) is 1.49. The van der Waals surface area contributed by atoms with Crippen LogP contribution < -0.4 is 0 Å². The van der Waals surface area contributed by atoms with E-state index >= 15 is 0 Å². The number of nitrogens with zero attached hydrogens (tertiary/aromatic N) is 2. The maximum absolute atomic E-state index is 12.5. The zero-order chi connectivity index (χ0) is 14.6. The number of aldehydes is 1. The summed E-state index contributed by atoms with van der Waals surface area (Å²) in [6, 6.07) is 7.72. The van der Waals surface area contributed by atoms with E-state index in [4.69, 9.17) is 5.26 Å². The van der Waals surface area contributed by atoms with Crippen molar-refractivity contribution < 1.29 is 13.2 Å². The summed E-state index contributed by atoms with van der Waals surface area (Å²) in [5, 5.41) is 8.60. The van der Waals surface area contributed by atoms with Crippen LogP contribution in [0.25, 0.3) is 0 Å². The molecule has 5 nitrogen and oxygen atoms in total. The maximum atomic E-state index is 12.5. The van der Waals surface area contributed by atoms with Crippen molar-refractivity contribution in [1.82, 2.24) is 4.31 Å². The summed E-state index contributed by atoms with van der Waals surface area (Å²) in [5.74, 6) is 0. The number of carbonyl (C=O) groups is 1. The molecule has 0 radical (unpaired) electrons. The van der Waals surface area contributed by atoms with E-state index in [1.54, 1.807) is 12.1 Å². The zero-order valence-electron chi connectivity index (χ0n) is 11.0. The molecule has 6 heteroatoms. The fourth-order valence-corrected chi connectivity index (χ4v) is 4.00. The van der Waals surface area contributed by atoms with Gasteiger partial charge in [-0.2, -0.15) is 9.57 Å². The van der Waals surface area contributed by atoms with E-state index < -0.39 is 16.1 Å². The van der Waals surface area contributed by atoms with E-state index in [1.165, 1.54) is 16.4 Å². The highest BCUT2D eigenvalue weighted by Crippen LogP contribution is 2.24. The topological polar surface area (TPSA) is 78.2 Å². The summed E-state index contributed by atoms with van der Waals surface area (Å²) >= 11 is 0. The van der Waals surface area contributed by atoms with Crippen LogP contribution in [0, 0.1) is 11.3 Å². The summed E-state index contributed by atoms with van der Waals surface area (Å²) in [5.41, 5.74) is 0.775. The Morgan fingerprint density at radius 2 is 2.00 bits per heavy atom. The van der Waals surface area contributed by atoms with Gasteiger partial charge in [-0.25, -0.2) is 8.42 Å². The first-order valence-corrected chi connectivity index (χ1v) is 7.96. The molecule has 2 rings (SSSR count). The van der Waals surface area contributed by atoms with Crippen LogP contribution in [0.3, 0.4) is 0 Å². The lowest BCUT2D eigenvalue weighted by Crippen LogP contribution is -2.44. The second-order valence-electron chi connectivity index (χ2n) is 4.79. The molecule has 0 amide bonds. The van der Waals surface area contributed by atoms with Gasteiger partial charge < -0.3 is 4.79 Å². The highest BCUT2D eigenvalue weighted by atomic mass is 32.2. The van der Waals surface area contributed by atoms with Crippen LogP contribution in [0.4, 0.5) is 0 Å². The van der Waals surface area contributed by atoms with Crippen LogP contribution in [0.15, 0.2) is 29.2 Å². The molecule has 20 heavy (non-hydrogen) atoms. The molecule has 0 saturated carbocycles. The van der Waals surface area contributed by atoms with Crippen LogP contribution in [0.5, 0.6) is 0 Å². The Balaban J connectivity index is 2.29. The lowest BCUT2D eigenvalue weighted by atomic mass is 10.1. The number of rotatable bonds is 4. The van der Waals surface area contributed by atoms with E-state index in [-0.39, 0.29) is 11.3 Å². The normalized spacial score (nSPS) is 20.2. The second-order valence-corrected chi connectivity index (χ2v) is 6.68. The molecule has 1 heterocycles. The standard InChI is InChI=1S/C14H16N2O3S/c15-9-8-12-4-6-14(7-5-12)20(18,19)16-10-2-1-3-13(16)11-17/h4-7,11,13H,1-3,8,10H2. The number of nitriles is 1. The number of carbonyl (C=O) groups excluding carboxylic acids is 1. The van der Waals surface area contributed by atoms with Crippen molar-refractivity contribution in [3.05, 3.63) is 29.8 Å². The zero-order valence-corrected chi connectivity index (χ0v) is 11.8. The average molecular weight is 292 g/mol. The van der Waals surface area contributed by atoms with Crippen LogP contribution in [0.2, 0.25) is 0 Å². The van der Waals surface area contributed by atoms with Crippen LogP contribution in [-0.4, -0.2) is 31.6 Å². The summed E-state index contributed by atoms with van der Waals surface area (Å²) in [7, 11) is -3.64. The molecule has 1 saturated heterocycles. The third kappa shape index (κ3) is 2.89. The number of hydrogen-bond donors (Lipinski definition) is 0. The molecule has 0 N–H and O–H groups in total. The van der Waals surface area contributed by atoms with Crippen LogP contribution in [0.1, 0.15) is 24.8 Å². The van der Waals surface area contributed by atoms with Crippen molar-refractivity contribution in [3.8, 4) is 6.07 Å². The number of benzene rings is 1. The van der Waals surface area contributed by atoms with Crippen molar-refractivity contribution in [2.75, 3.05) is 6.54 Å². The Bertz CT molecular complexity index is 617. The van der Waals surface area contributed by atoms with Crippen molar-refractivity contribution >= 4 is 16.3 Å². The molecule has 106 valence electrons. The Hall–Kier alpha value is -1.71. The van der Waals surface area contributed by atoms with Gasteiger partial charge in [-0.15, -0.1) is 0 Å². The quantitative estimate of drug-likeness (QED) is 0.788. The van der Waals surface area contributed by atoms with E-state index in [0.717, 1.165) is 18.4 Å². The lowest BCUT2D eigenvalue weighted by Gasteiger charge is -2.31. The minimum Gasteiger partial charge on any atom is -0.302 e. The smallest absolute Gasteiger partial charge is 0.243 e. The van der Waals surface area contributed by atoms with E-state index in [1.807, 2.05) is 6.07 Å². The van der Waals surface area contributed by atoms with Gasteiger partial charge in [0, 0.05) is 6.54 Å². The summed E-state index contributed by atoms with van der Waals surface area (Å²) in [4.78, 5) is 11.2. The first-order valence-electron chi connectivity index (χ1n) is 6.52. The van der Waals surface area contributed by atoms with E-state index in [9.17, 15) is 13.2 Å². The number of hydrogen-bond acceptors (Lipinski definition) is 4. The molecule has 1 aromatic rings. The molecular weight excluding hydrogens is 276 g/mol. The molecule has 1 atom stereocenters. The molecule has 1 aliphatic heterocycles. The fourth-order valence-electron chi connectivity index (χ4n) is 2.37. The van der Waals surface area contributed by atoms with Gasteiger partial charge in [0.15, 0.2) is 0 Å².